The number of carbonyl (C=O) groups is 1. The summed E-state index contributed by atoms with van der Waals surface area (Å²) >= 11 is 0. The summed E-state index contributed by atoms with van der Waals surface area (Å²) in [5, 5.41) is 0. The van der Waals surface area contributed by atoms with E-state index in [4.69, 9.17) is 4.74 Å². The van der Waals surface area contributed by atoms with Gasteiger partial charge in [-0.3, -0.25) is 4.79 Å². The molecule has 11 heavy (non-hydrogen) atoms. The molecule has 0 aromatic carbocycles. The van der Waals surface area contributed by atoms with Gasteiger partial charge >= 0.3 is 0 Å². The molecule has 2 unspecified atom stereocenters. The third-order valence-electron chi connectivity index (χ3n) is 2.07. The largest absolute Gasteiger partial charge is 0.465 e. The van der Waals surface area contributed by atoms with Crippen LogP contribution in [0.4, 0.5) is 0 Å². The lowest BCUT2D eigenvalue weighted by molar-refractivity contribution is -0.134. The van der Waals surface area contributed by atoms with E-state index in [1.165, 1.54) is 0 Å². The molecule has 2 nitrogen and oxygen atoms in total. The Kier molecular flexibility index (Phi) is 5.90. The zero-order chi connectivity index (χ0) is 8.69. The summed E-state index contributed by atoms with van der Waals surface area (Å²) in [5.74, 6) is 0.653. The van der Waals surface area contributed by atoms with Gasteiger partial charge in [-0.05, 0) is 18.8 Å². The van der Waals surface area contributed by atoms with Gasteiger partial charge in [0.15, 0.2) is 0 Å². The second-order valence-electron chi connectivity index (χ2n) is 3.01. The predicted octanol–water partition coefficient (Wildman–Crippen LogP) is 2.37. The Morgan fingerprint density at radius 3 is 2.36 bits per heavy atom. The first-order valence-corrected chi connectivity index (χ1v) is 4.33. The van der Waals surface area contributed by atoms with Crippen molar-refractivity contribution in [2.24, 2.45) is 5.92 Å². The molecule has 0 aromatic rings. The van der Waals surface area contributed by atoms with Crippen molar-refractivity contribution in [1.29, 1.82) is 0 Å². The van der Waals surface area contributed by atoms with Crippen molar-refractivity contribution in [2.45, 2.75) is 46.1 Å². The zero-order valence-corrected chi connectivity index (χ0v) is 7.67. The van der Waals surface area contributed by atoms with Crippen molar-refractivity contribution in [2.75, 3.05) is 0 Å². The molecule has 0 aromatic heterocycles. The fraction of sp³-hybridized carbons (Fsp3) is 0.889. The molecule has 0 spiro atoms. The first-order valence-electron chi connectivity index (χ1n) is 4.33. The van der Waals surface area contributed by atoms with Crippen molar-refractivity contribution < 1.29 is 9.53 Å². The molecular formula is C9H18O2. The van der Waals surface area contributed by atoms with Crippen LogP contribution in [-0.2, 0) is 9.53 Å². The standard InChI is InChI=1S/C9H18O2/c1-4-8(3)6-9(5-2)11-7-10/h7-9H,4-6H2,1-3H3. The Morgan fingerprint density at radius 1 is 1.36 bits per heavy atom. The van der Waals surface area contributed by atoms with E-state index < -0.39 is 0 Å². The van der Waals surface area contributed by atoms with Crippen LogP contribution < -0.4 is 0 Å². The molecule has 0 saturated heterocycles. The maximum atomic E-state index is 10.0. The van der Waals surface area contributed by atoms with Crippen LogP contribution in [0.15, 0.2) is 0 Å². The number of carbonyl (C=O) groups excluding carboxylic acids is 1. The van der Waals surface area contributed by atoms with Crippen LogP contribution in [0, 0.1) is 5.92 Å². The van der Waals surface area contributed by atoms with E-state index >= 15 is 0 Å². The molecule has 0 aliphatic rings. The van der Waals surface area contributed by atoms with Crippen LogP contribution in [0.2, 0.25) is 0 Å². The first-order chi connectivity index (χ1) is 5.24. The number of hydrogen-bond donors (Lipinski definition) is 0. The third kappa shape index (κ3) is 4.82. The minimum Gasteiger partial charge on any atom is -0.465 e. The van der Waals surface area contributed by atoms with E-state index in [-0.39, 0.29) is 6.10 Å². The molecule has 2 atom stereocenters. The fourth-order valence-electron chi connectivity index (χ4n) is 1.01. The van der Waals surface area contributed by atoms with Gasteiger partial charge in [-0.1, -0.05) is 27.2 Å². The molecule has 0 N–H and O–H groups in total. The monoisotopic (exact) mass is 158 g/mol. The van der Waals surface area contributed by atoms with Gasteiger partial charge < -0.3 is 4.74 Å². The molecule has 0 rings (SSSR count). The Balaban J connectivity index is 3.57. The Morgan fingerprint density at radius 2 is 2.00 bits per heavy atom. The van der Waals surface area contributed by atoms with Gasteiger partial charge in [0.05, 0.1) is 0 Å². The fourth-order valence-corrected chi connectivity index (χ4v) is 1.01. The van der Waals surface area contributed by atoms with E-state index in [2.05, 4.69) is 13.8 Å². The molecule has 66 valence electrons. The lowest BCUT2D eigenvalue weighted by Crippen LogP contribution is -2.14. The molecular weight excluding hydrogens is 140 g/mol. The second-order valence-corrected chi connectivity index (χ2v) is 3.01. The van der Waals surface area contributed by atoms with Crippen molar-refractivity contribution in [3.8, 4) is 0 Å². The molecule has 2 heteroatoms. The van der Waals surface area contributed by atoms with Crippen molar-refractivity contribution in [1.82, 2.24) is 0 Å². The molecule has 0 fully saturated rings. The van der Waals surface area contributed by atoms with E-state index in [1.807, 2.05) is 6.92 Å². The topological polar surface area (TPSA) is 26.3 Å². The Labute approximate surface area is 68.9 Å². The average Bonchev–Trinajstić information content (AvgIpc) is 2.03. The van der Waals surface area contributed by atoms with Crippen LogP contribution in [0.3, 0.4) is 0 Å². The summed E-state index contributed by atoms with van der Waals surface area (Å²) in [5.41, 5.74) is 0. The van der Waals surface area contributed by atoms with Gasteiger partial charge in [-0.15, -0.1) is 0 Å². The zero-order valence-electron chi connectivity index (χ0n) is 7.67. The van der Waals surface area contributed by atoms with Gasteiger partial charge in [-0.25, -0.2) is 0 Å². The number of ether oxygens (including phenoxy) is 1. The average molecular weight is 158 g/mol. The van der Waals surface area contributed by atoms with Crippen molar-refractivity contribution in [3.63, 3.8) is 0 Å². The molecule has 0 radical (unpaired) electrons. The van der Waals surface area contributed by atoms with Crippen LogP contribution >= 0.6 is 0 Å². The van der Waals surface area contributed by atoms with Crippen LogP contribution in [0.5, 0.6) is 0 Å². The summed E-state index contributed by atoms with van der Waals surface area (Å²) in [6.07, 6.45) is 3.19. The van der Waals surface area contributed by atoms with E-state index in [0.717, 1.165) is 19.3 Å². The minimum atomic E-state index is 0.127. The minimum absolute atomic E-state index is 0.127. The van der Waals surface area contributed by atoms with Crippen LogP contribution in [0.1, 0.15) is 40.0 Å². The summed E-state index contributed by atoms with van der Waals surface area (Å²) < 4.78 is 4.88. The van der Waals surface area contributed by atoms with E-state index in [0.29, 0.717) is 12.4 Å². The van der Waals surface area contributed by atoms with Gasteiger partial charge in [0, 0.05) is 0 Å². The SMILES string of the molecule is CCC(C)CC(CC)OC=O. The third-order valence-corrected chi connectivity index (χ3v) is 2.07. The van der Waals surface area contributed by atoms with Crippen LogP contribution in [0.25, 0.3) is 0 Å². The summed E-state index contributed by atoms with van der Waals surface area (Å²) in [6.45, 7) is 6.92. The smallest absolute Gasteiger partial charge is 0.293 e. The molecule has 0 heterocycles. The van der Waals surface area contributed by atoms with Crippen molar-refractivity contribution in [3.05, 3.63) is 0 Å². The summed E-state index contributed by atoms with van der Waals surface area (Å²) in [7, 11) is 0. The maximum absolute atomic E-state index is 10.0. The quantitative estimate of drug-likeness (QED) is 0.555. The molecule has 0 bridgehead atoms. The van der Waals surface area contributed by atoms with Gasteiger partial charge in [0.25, 0.3) is 6.47 Å². The van der Waals surface area contributed by atoms with Gasteiger partial charge in [0.1, 0.15) is 6.10 Å². The molecule has 0 saturated carbocycles. The summed E-state index contributed by atoms with van der Waals surface area (Å²) in [6, 6.07) is 0. The molecule has 0 aliphatic carbocycles. The summed E-state index contributed by atoms with van der Waals surface area (Å²) in [4.78, 5) is 10.0. The lowest BCUT2D eigenvalue weighted by Gasteiger charge is -2.16. The Hall–Kier alpha value is -0.530. The van der Waals surface area contributed by atoms with E-state index in [9.17, 15) is 4.79 Å². The van der Waals surface area contributed by atoms with E-state index in [1.54, 1.807) is 0 Å². The lowest BCUT2D eigenvalue weighted by atomic mass is 10.00. The highest BCUT2D eigenvalue weighted by atomic mass is 16.5. The highest BCUT2D eigenvalue weighted by molar-refractivity contribution is 5.37. The number of hydrogen-bond acceptors (Lipinski definition) is 2. The highest BCUT2D eigenvalue weighted by Crippen LogP contribution is 2.13. The first kappa shape index (κ1) is 10.5. The molecule has 0 aliphatic heterocycles. The maximum Gasteiger partial charge on any atom is 0.293 e. The second kappa shape index (κ2) is 6.20. The van der Waals surface area contributed by atoms with Crippen molar-refractivity contribution >= 4 is 6.47 Å². The van der Waals surface area contributed by atoms with Gasteiger partial charge in [-0.2, -0.15) is 0 Å². The highest BCUT2D eigenvalue weighted by Gasteiger charge is 2.09. The van der Waals surface area contributed by atoms with Gasteiger partial charge in [0.2, 0.25) is 0 Å². The number of rotatable bonds is 6. The molecule has 0 amide bonds. The van der Waals surface area contributed by atoms with Crippen LogP contribution in [-0.4, -0.2) is 12.6 Å². The normalized spacial score (nSPS) is 15.5. The Bertz CT molecular complexity index is 102. The predicted molar refractivity (Wildman–Crippen MR) is 45.3 cm³/mol.